The summed E-state index contributed by atoms with van der Waals surface area (Å²) in [5, 5.41) is 0. The molecule has 0 unspecified atom stereocenters. The monoisotopic (exact) mass is 392 g/mol. The average Bonchev–Trinajstić information content (AvgIpc) is 2.47. The summed E-state index contributed by atoms with van der Waals surface area (Å²) in [6.07, 6.45) is 0. The number of benzene rings is 2. The molecule has 2 aromatic carbocycles. The Morgan fingerprint density at radius 1 is 0.960 bits per heavy atom. The summed E-state index contributed by atoms with van der Waals surface area (Å²) >= 11 is 0.709. The van der Waals surface area contributed by atoms with E-state index in [1.807, 2.05) is 6.92 Å². The van der Waals surface area contributed by atoms with E-state index in [9.17, 15) is 9.18 Å². The van der Waals surface area contributed by atoms with Crippen LogP contribution in [0.1, 0.15) is 17.3 Å². The maximum atomic E-state index is 13.4. The molecule has 0 saturated heterocycles. The summed E-state index contributed by atoms with van der Waals surface area (Å²) in [5.74, 6) is -0.260. The van der Waals surface area contributed by atoms with Crippen LogP contribution in [0.4, 0.5) is 27.9 Å². The van der Waals surface area contributed by atoms with Crippen LogP contribution in [0.5, 0.6) is 5.75 Å². The number of halogens is 6. The third-order valence-electron chi connectivity index (χ3n) is 2.44. The van der Waals surface area contributed by atoms with Gasteiger partial charge in [-0.2, -0.15) is 0 Å². The second kappa shape index (κ2) is 15.2. The molecular formula is C15H18F6O3S. The lowest BCUT2D eigenvalue weighted by atomic mass is 10.2. The van der Waals surface area contributed by atoms with E-state index in [1.165, 1.54) is 6.07 Å². The van der Waals surface area contributed by atoms with Crippen molar-refractivity contribution in [1.29, 1.82) is 0 Å². The Balaban J connectivity index is -0.000000441. The van der Waals surface area contributed by atoms with Gasteiger partial charge in [-0.25, -0.2) is 9.18 Å². The first kappa shape index (κ1) is 30.5. The molecule has 0 N–H and O–H groups in total. The van der Waals surface area contributed by atoms with Crippen molar-refractivity contribution in [2.75, 3.05) is 6.61 Å². The minimum absolute atomic E-state index is 0. The van der Waals surface area contributed by atoms with Crippen LogP contribution in [-0.2, 0) is 4.18 Å². The number of rotatable bonds is 5. The van der Waals surface area contributed by atoms with Gasteiger partial charge in [0.1, 0.15) is 11.6 Å². The van der Waals surface area contributed by atoms with Crippen molar-refractivity contribution in [3.8, 4) is 5.75 Å². The van der Waals surface area contributed by atoms with Crippen molar-refractivity contribution in [1.82, 2.24) is 0 Å². The molecule has 0 bridgehead atoms. The first-order chi connectivity index (χ1) is 9.70. The van der Waals surface area contributed by atoms with Gasteiger partial charge in [0.15, 0.2) is 0 Å². The highest BCUT2D eigenvalue weighted by Crippen LogP contribution is 2.24. The zero-order valence-corrected chi connectivity index (χ0v) is 13.7. The van der Waals surface area contributed by atoms with Crippen LogP contribution in [0.3, 0.4) is 0 Å². The SMILES string of the molecule is CCOc1ccc(C(=O)OSc2ccccc2F)cc1.F.F.F.F.F. The Hall–Kier alpha value is -2.36. The number of carbonyl (C=O) groups excluding carboxylic acids is 1. The van der Waals surface area contributed by atoms with Gasteiger partial charge in [0.2, 0.25) is 0 Å². The van der Waals surface area contributed by atoms with Crippen LogP contribution in [0, 0.1) is 5.82 Å². The average molecular weight is 392 g/mol. The predicted octanol–water partition coefficient (Wildman–Crippen LogP) is 4.85. The van der Waals surface area contributed by atoms with Crippen molar-refractivity contribution in [3.63, 3.8) is 0 Å². The topological polar surface area (TPSA) is 35.5 Å². The van der Waals surface area contributed by atoms with Crippen molar-refractivity contribution in [3.05, 3.63) is 59.9 Å². The fraction of sp³-hybridized carbons (Fsp3) is 0.133. The Labute approximate surface area is 144 Å². The third-order valence-corrected chi connectivity index (χ3v) is 3.19. The van der Waals surface area contributed by atoms with Gasteiger partial charge >= 0.3 is 5.97 Å². The number of ether oxygens (including phenoxy) is 1. The molecule has 0 spiro atoms. The molecule has 3 nitrogen and oxygen atoms in total. The maximum Gasteiger partial charge on any atom is 0.350 e. The van der Waals surface area contributed by atoms with Gasteiger partial charge in [0, 0.05) is 0 Å². The van der Waals surface area contributed by atoms with E-state index in [2.05, 4.69) is 0 Å². The van der Waals surface area contributed by atoms with Gasteiger partial charge < -0.3 is 8.92 Å². The summed E-state index contributed by atoms with van der Waals surface area (Å²) in [7, 11) is 0. The van der Waals surface area contributed by atoms with E-state index in [1.54, 1.807) is 42.5 Å². The summed E-state index contributed by atoms with van der Waals surface area (Å²) < 4.78 is 23.6. The van der Waals surface area contributed by atoms with Crippen LogP contribution < -0.4 is 4.74 Å². The lowest BCUT2D eigenvalue weighted by Crippen LogP contribution is -2.00. The maximum absolute atomic E-state index is 13.4. The van der Waals surface area contributed by atoms with Crippen LogP contribution in [0.15, 0.2) is 53.4 Å². The van der Waals surface area contributed by atoms with Crippen molar-refractivity contribution in [2.24, 2.45) is 0 Å². The van der Waals surface area contributed by atoms with Crippen LogP contribution in [-0.4, -0.2) is 12.6 Å². The van der Waals surface area contributed by atoms with Gasteiger partial charge in [-0.1, -0.05) is 12.1 Å². The minimum atomic E-state index is -0.527. The van der Waals surface area contributed by atoms with Gasteiger partial charge in [0.25, 0.3) is 0 Å². The van der Waals surface area contributed by atoms with E-state index < -0.39 is 11.8 Å². The smallest absolute Gasteiger partial charge is 0.350 e. The lowest BCUT2D eigenvalue weighted by Gasteiger charge is -2.05. The van der Waals surface area contributed by atoms with E-state index in [0.29, 0.717) is 30.0 Å². The quantitative estimate of drug-likeness (QED) is 0.538. The molecule has 0 heterocycles. The fourth-order valence-corrected chi connectivity index (χ4v) is 2.04. The molecule has 0 saturated carbocycles. The molecule has 0 aliphatic rings. The highest BCUT2D eigenvalue weighted by molar-refractivity contribution is 7.95. The molecular weight excluding hydrogens is 374 g/mol. The largest absolute Gasteiger partial charge is 0.494 e. The van der Waals surface area contributed by atoms with Gasteiger partial charge in [-0.3, -0.25) is 23.5 Å². The van der Waals surface area contributed by atoms with Crippen molar-refractivity contribution in [2.45, 2.75) is 11.8 Å². The number of carbonyl (C=O) groups is 1. The molecule has 10 heteroatoms. The summed E-state index contributed by atoms with van der Waals surface area (Å²) in [4.78, 5) is 12.1. The molecule has 144 valence electrons. The zero-order chi connectivity index (χ0) is 14.4. The molecule has 0 radical (unpaired) electrons. The standard InChI is InChI=1S/C15H13FO3S.5FH/c1-2-18-12-9-7-11(8-10-12)15(17)19-20-14-6-4-3-5-13(14)16;;;;;/h3-10H,2H2,1H3;5*1H. The van der Waals surface area contributed by atoms with E-state index >= 15 is 0 Å². The Bertz CT molecular complexity index is 598. The summed E-state index contributed by atoms with van der Waals surface area (Å²) in [6.45, 7) is 2.44. The van der Waals surface area contributed by atoms with Gasteiger partial charge in [0.05, 0.1) is 29.1 Å². The van der Waals surface area contributed by atoms with Crippen molar-refractivity contribution < 1.29 is 41.6 Å². The molecule has 0 atom stereocenters. The minimum Gasteiger partial charge on any atom is -0.494 e. The molecule has 2 rings (SSSR count). The second-order valence-electron chi connectivity index (χ2n) is 3.84. The third kappa shape index (κ3) is 8.89. The van der Waals surface area contributed by atoms with Crippen molar-refractivity contribution >= 4 is 18.0 Å². The Morgan fingerprint density at radius 2 is 1.52 bits per heavy atom. The normalized spacial score (nSPS) is 8.08. The van der Waals surface area contributed by atoms with E-state index in [0.717, 1.165) is 0 Å². The number of hydrogen-bond acceptors (Lipinski definition) is 4. The van der Waals surface area contributed by atoms with E-state index in [-0.39, 0.29) is 28.4 Å². The molecule has 0 amide bonds. The van der Waals surface area contributed by atoms with Crippen LogP contribution >= 0.6 is 12.0 Å². The highest BCUT2D eigenvalue weighted by Gasteiger charge is 2.10. The Morgan fingerprint density at radius 3 is 2.04 bits per heavy atom. The van der Waals surface area contributed by atoms with E-state index in [4.69, 9.17) is 8.92 Å². The highest BCUT2D eigenvalue weighted by atomic mass is 32.2. The first-order valence-electron chi connectivity index (χ1n) is 6.07. The summed E-state index contributed by atoms with van der Waals surface area (Å²) in [6, 6.07) is 12.7. The Kier molecular flexibility index (Phi) is 18.5. The fourth-order valence-electron chi connectivity index (χ4n) is 1.50. The van der Waals surface area contributed by atoms with Gasteiger partial charge in [-0.05, 0) is 43.3 Å². The van der Waals surface area contributed by atoms with Crippen LogP contribution in [0.25, 0.3) is 0 Å². The molecule has 25 heavy (non-hydrogen) atoms. The lowest BCUT2D eigenvalue weighted by molar-refractivity contribution is 0.0768. The zero-order valence-electron chi connectivity index (χ0n) is 12.9. The summed E-state index contributed by atoms with van der Waals surface area (Å²) in [5.41, 5.74) is 0.386. The first-order valence-corrected chi connectivity index (χ1v) is 6.81. The molecule has 2 aromatic rings. The number of hydrogen-bond donors (Lipinski definition) is 0. The molecule has 0 fully saturated rings. The second-order valence-corrected chi connectivity index (χ2v) is 4.62. The van der Waals surface area contributed by atoms with Gasteiger partial charge in [-0.15, -0.1) is 0 Å². The molecule has 0 aromatic heterocycles. The molecule has 0 aliphatic carbocycles. The molecule has 0 aliphatic heterocycles. The van der Waals surface area contributed by atoms with Crippen LogP contribution in [0.2, 0.25) is 0 Å². The predicted molar refractivity (Wildman–Crippen MR) is 87.8 cm³/mol.